The van der Waals surface area contributed by atoms with Gasteiger partial charge in [0.2, 0.25) is 0 Å². The first-order chi connectivity index (χ1) is 14.0. The zero-order valence-corrected chi connectivity index (χ0v) is 17.5. The van der Waals surface area contributed by atoms with Crippen molar-refractivity contribution >= 4 is 33.1 Å². The number of fused-ring (bicyclic) bond motifs is 2. The molecule has 4 aromatic heterocycles. The fourth-order valence-electron chi connectivity index (χ4n) is 4.24. The fraction of sp³-hybridized carbons (Fsp3) is 0.429. The molecule has 8 heteroatoms. The number of carbonyl (C=O) groups excluding carboxylic acids is 1. The summed E-state index contributed by atoms with van der Waals surface area (Å²) in [5, 5.41) is 5.43. The van der Waals surface area contributed by atoms with Gasteiger partial charge in [-0.05, 0) is 24.8 Å². The van der Waals surface area contributed by atoms with E-state index in [4.69, 9.17) is 9.72 Å². The van der Waals surface area contributed by atoms with Crippen LogP contribution in [0.2, 0.25) is 0 Å². The van der Waals surface area contributed by atoms with Crippen LogP contribution in [0.15, 0.2) is 18.6 Å². The van der Waals surface area contributed by atoms with Gasteiger partial charge in [0.05, 0.1) is 17.8 Å². The largest absolute Gasteiger partial charge is 0.493 e. The van der Waals surface area contributed by atoms with Crippen LogP contribution in [0.3, 0.4) is 0 Å². The van der Waals surface area contributed by atoms with Gasteiger partial charge in [-0.1, -0.05) is 13.8 Å². The van der Waals surface area contributed by atoms with E-state index in [2.05, 4.69) is 28.9 Å². The van der Waals surface area contributed by atoms with Crippen LogP contribution in [0.1, 0.15) is 61.9 Å². The van der Waals surface area contributed by atoms with Crippen LogP contribution in [-0.4, -0.2) is 37.5 Å². The van der Waals surface area contributed by atoms with Crippen LogP contribution in [0.25, 0.3) is 27.3 Å². The topological polar surface area (TPSA) is 85.2 Å². The monoisotopic (exact) mass is 409 g/mol. The Hall–Kier alpha value is -2.74. The van der Waals surface area contributed by atoms with Crippen molar-refractivity contribution in [2.24, 2.45) is 0 Å². The lowest BCUT2D eigenvalue weighted by atomic mass is 9.89. The highest BCUT2D eigenvalue weighted by Gasteiger charge is 2.26. The average molecular weight is 410 g/mol. The van der Waals surface area contributed by atoms with Gasteiger partial charge in [0.15, 0.2) is 11.4 Å². The minimum absolute atomic E-state index is 0.305. The fourth-order valence-corrected chi connectivity index (χ4v) is 5.39. The molecule has 7 nitrogen and oxygen atoms in total. The van der Waals surface area contributed by atoms with Gasteiger partial charge in [0.1, 0.15) is 22.5 Å². The highest BCUT2D eigenvalue weighted by atomic mass is 32.1. The number of hydrogen-bond acceptors (Lipinski definition) is 6. The van der Waals surface area contributed by atoms with Gasteiger partial charge in [-0.2, -0.15) is 5.10 Å². The molecule has 0 radical (unpaired) electrons. The van der Waals surface area contributed by atoms with Crippen molar-refractivity contribution in [2.45, 2.75) is 51.4 Å². The predicted octanol–water partition coefficient (Wildman–Crippen LogP) is 4.69. The predicted molar refractivity (Wildman–Crippen MR) is 113 cm³/mol. The molecule has 1 aliphatic rings. The van der Waals surface area contributed by atoms with Crippen LogP contribution in [0, 0.1) is 0 Å². The maximum atomic E-state index is 11.6. The lowest BCUT2D eigenvalue weighted by molar-refractivity contribution is -0.120. The third kappa shape index (κ3) is 3.02. The van der Waals surface area contributed by atoms with Crippen LogP contribution < -0.4 is 4.74 Å². The molecular weight excluding hydrogens is 386 g/mol. The molecule has 0 saturated heterocycles. The summed E-state index contributed by atoms with van der Waals surface area (Å²) in [6.45, 7) is 4.38. The van der Waals surface area contributed by atoms with E-state index in [9.17, 15) is 4.79 Å². The molecule has 1 aliphatic carbocycles. The molecular formula is C21H23N5O2S. The van der Waals surface area contributed by atoms with Crippen molar-refractivity contribution < 1.29 is 9.53 Å². The summed E-state index contributed by atoms with van der Waals surface area (Å²) in [6.07, 6.45) is 6.69. The number of pyridine rings is 1. The summed E-state index contributed by atoms with van der Waals surface area (Å²) < 4.78 is 7.27. The van der Waals surface area contributed by atoms with E-state index in [1.165, 1.54) is 11.9 Å². The quantitative estimate of drug-likeness (QED) is 0.528. The van der Waals surface area contributed by atoms with E-state index >= 15 is 0 Å². The Morgan fingerprint density at radius 2 is 2.10 bits per heavy atom. The molecule has 4 heterocycles. The van der Waals surface area contributed by atoms with Crippen molar-refractivity contribution in [1.29, 1.82) is 0 Å². The molecule has 0 aromatic carbocycles. The Bertz CT molecular complexity index is 1210. The van der Waals surface area contributed by atoms with Crippen molar-refractivity contribution in [1.82, 2.24) is 24.6 Å². The molecule has 0 aliphatic heterocycles. The number of H-pyrrole nitrogens is 1. The first-order valence-corrected chi connectivity index (χ1v) is 10.8. The zero-order valence-electron chi connectivity index (χ0n) is 16.7. The molecule has 29 heavy (non-hydrogen) atoms. The Kier molecular flexibility index (Phi) is 4.38. The van der Waals surface area contributed by atoms with E-state index < -0.39 is 0 Å². The smallest absolute Gasteiger partial charge is 0.197 e. The van der Waals surface area contributed by atoms with Crippen molar-refractivity contribution in [3.05, 3.63) is 29.2 Å². The molecule has 0 bridgehead atoms. The second-order valence-electron chi connectivity index (χ2n) is 7.94. The summed E-state index contributed by atoms with van der Waals surface area (Å²) in [6, 6.07) is 2.00. The summed E-state index contributed by atoms with van der Waals surface area (Å²) >= 11 is 1.72. The molecule has 4 aromatic rings. The van der Waals surface area contributed by atoms with Gasteiger partial charge in [-0.15, -0.1) is 11.3 Å². The summed E-state index contributed by atoms with van der Waals surface area (Å²) in [7, 11) is 1.65. The third-order valence-electron chi connectivity index (χ3n) is 5.73. The number of nitrogens with zero attached hydrogens (tertiary/aromatic N) is 4. The van der Waals surface area contributed by atoms with Crippen LogP contribution >= 0.6 is 11.3 Å². The minimum atomic E-state index is 0.305. The van der Waals surface area contributed by atoms with Gasteiger partial charge in [0.25, 0.3) is 0 Å². The van der Waals surface area contributed by atoms with Gasteiger partial charge >= 0.3 is 0 Å². The summed E-state index contributed by atoms with van der Waals surface area (Å²) in [5.41, 5.74) is 5.00. The third-order valence-corrected chi connectivity index (χ3v) is 6.86. The minimum Gasteiger partial charge on any atom is -0.493 e. The Morgan fingerprint density at radius 1 is 1.31 bits per heavy atom. The molecule has 1 saturated carbocycles. The highest BCUT2D eigenvalue weighted by molar-refractivity contribution is 7.18. The summed E-state index contributed by atoms with van der Waals surface area (Å²) in [5.74, 6) is 1.77. The van der Waals surface area contributed by atoms with E-state index in [1.807, 2.05) is 12.3 Å². The van der Waals surface area contributed by atoms with E-state index in [-0.39, 0.29) is 0 Å². The molecule has 150 valence electrons. The number of carbonyl (C=O) groups is 1. The lowest BCUT2D eigenvalue weighted by Crippen LogP contribution is -2.12. The Labute approximate surface area is 172 Å². The van der Waals surface area contributed by atoms with Crippen molar-refractivity contribution in [3.63, 3.8) is 0 Å². The Balaban J connectivity index is 1.62. The number of methoxy groups -OCH3 is 1. The maximum Gasteiger partial charge on any atom is 0.197 e. The second kappa shape index (κ2) is 6.95. The van der Waals surface area contributed by atoms with Crippen molar-refractivity contribution in [2.75, 3.05) is 7.11 Å². The van der Waals surface area contributed by atoms with Gasteiger partial charge in [0, 0.05) is 36.1 Å². The number of ketones is 1. The first kappa shape index (κ1) is 18.3. The highest BCUT2D eigenvalue weighted by Crippen LogP contribution is 2.42. The number of thiazole rings is 1. The molecule has 5 rings (SSSR count). The van der Waals surface area contributed by atoms with Crippen molar-refractivity contribution in [3.8, 4) is 17.0 Å². The summed E-state index contributed by atoms with van der Waals surface area (Å²) in [4.78, 5) is 25.6. The molecule has 0 amide bonds. The molecule has 0 unspecified atom stereocenters. The van der Waals surface area contributed by atoms with Gasteiger partial charge in [-0.3, -0.25) is 4.79 Å². The van der Waals surface area contributed by atoms with Gasteiger partial charge < -0.3 is 9.72 Å². The normalized spacial score (nSPS) is 15.8. The van der Waals surface area contributed by atoms with Gasteiger partial charge in [-0.25, -0.2) is 14.5 Å². The Morgan fingerprint density at radius 3 is 2.83 bits per heavy atom. The molecule has 0 atom stereocenters. The second-order valence-corrected chi connectivity index (χ2v) is 8.97. The number of nitrogens with one attached hydrogen (secondary N) is 1. The molecule has 1 fully saturated rings. The molecule has 0 spiro atoms. The first-order valence-electron chi connectivity index (χ1n) is 9.97. The zero-order chi connectivity index (χ0) is 20.1. The number of aromatic amines is 1. The SMILES string of the molecule is COc1cc(-c2[nH]c3sc(C4CCC(=O)CC4)nc3c2C(C)C)cn2ncnc12. The van der Waals surface area contributed by atoms with Crippen LogP contribution in [-0.2, 0) is 4.79 Å². The number of aromatic nitrogens is 5. The molecule has 1 N–H and O–H groups in total. The number of Topliss-reactive ketones (excluding diaryl/α,β-unsaturated/α-hetero) is 1. The number of ether oxygens (including phenoxy) is 1. The standard InChI is InChI=1S/C21H23N5O2S/c1-11(2)16-17(13-8-15(28-3)19-22-10-23-26(19)9-13)24-21-18(16)25-20(29-21)12-4-6-14(27)7-5-12/h8-12,24H,4-7H2,1-3H3. The van der Waals surface area contributed by atoms with E-state index in [1.54, 1.807) is 23.0 Å². The lowest BCUT2D eigenvalue weighted by Gasteiger charge is -2.18. The number of hydrogen-bond donors (Lipinski definition) is 1. The average Bonchev–Trinajstić information content (AvgIpc) is 3.41. The van der Waals surface area contributed by atoms with Crippen LogP contribution in [0.5, 0.6) is 5.75 Å². The number of rotatable bonds is 4. The van der Waals surface area contributed by atoms with E-state index in [0.29, 0.717) is 41.9 Å². The van der Waals surface area contributed by atoms with Crippen LogP contribution in [0.4, 0.5) is 0 Å². The maximum absolute atomic E-state index is 11.6. The van der Waals surface area contributed by atoms with E-state index in [0.717, 1.165) is 39.5 Å².